The van der Waals surface area contributed by atoms with Crippen molar-refractivity contribution >= 4 is 12.2 Å². The molecule has 1 saturated heterocycles. The fourth-order valence-electron chi connectivity index (χ4n) is 8.92. The summed E-state index contributed by atoms with van der Waals surface area (Å²) in [6, 6.07) is 7.16. The molecule has 0 amide bonds. The van der Waals surface area contributed by atoms with E-state index in [-0.39, 0.29) is 0 Å². The van der Waals surface area contributed by atoms with Crippen LogP contribution in [-0.4, -0.2) is 37.3 Å². The van der Waals surface area contributed by atoms with Crippen molar-refractivity contribution in [1.29, 1.82) is 0 Å². The van der Waals surface area contributed by atoms with Crippen molar-refractivity contribution in [2.45, 2.75) is 97.3 Å². The highest BCUT2D eigenvalue weighted by Crippen LogP contribution is 2.67. The smallest absolute Gasteiger partial charge is 0.0319 e. The monoisotopic (exact) mass is 529 g/mol. The van der Waals surface area contributed by atoms with Gasteiger partial charge in [0.15, 0.2) is 0 Å². The molecule has 39 heavy (non-hydrogen) atoms. The van der Waals surface area contributed by atoms with Crippen molar-refractivity contribution in [1.82, 2.24) is 4.90 Å². The van der Waals surface area contributed by atoms with E-state index in [1.54, 1.807) is 11.1 Å². The molecular formula is C37H55NO. The predicted molar refractivity (Wildman–Crippen MR) is 170 cm³/mol. The molecule has 0 bridgehead atoms. The van der Waals surface area contributed by atoms with Crippen LogP contribution < -0.4 is 0 Å². The molecule has 0 radical (unpaired) electrons. The maximum atomic E-state index is 7.00. The Morgan fingerprint density at radius 2 is 1.74 bits per heavy atom. The average molecular weight is 530 g/mol. The van der Waals surface area contributed by atoms with Crippen LogP contribution in [0.15, 0.2) is 54.2 Å². The summed E-state index contributed by atoms with van der Waals surface area (Å²) in [5.41, 5.74) is 8.32. The number of hydrogen-bond donors (Lipinski definition) is 1. The van der Waals surface area contributed by atoms with Gasteiger partial charge < -0.3 is 10.0 Å². The first-order chi connectivity index (χ1) is 18.9. The zero-order valence-electron chi connectivity index (χ0n) is 25.6. The summed E-state index contributed by atoms with van der Waals surface area (Å²) in [4.78, 5) is 2.36. The minimum absolute atomic E-state index is 0.359. The highest BCUT2D eigenvalue weighted by Gasteiger charge is 2.56. The lowest BCUT2D eigenvalue weighted by molar-refractivity contribution is 0.0703. The molecule has 5 aliphatic rings. The van der Waals surface area contributed by atoms with Crippen molar-refractivity contribution in [3.63, 3.8) is 0 Å². The van der Waals surface area contributed by atoms with Crippen LogP contribution in [0.4, 0.5) is 0 Å². The molecule has 1 aromatic rings. The van der Waals surface area contributed by atoms with Crippen molar-refractivity contribution in [2.75, 3.05) is 27.2 Å². The van der Waals surface area contributed by atoms with E-state index in [0.717, 1.165) is 18.9 Å². The van der Waals surface area contributed by atoms with E-state index in [9.17, 15) is 0 Å². The first kappa shape index (κ1) is 30.1. The molecule has 6 rings (SSSR count). The van der Waals surface area contributed by atoms with Crippen LogP contribution >= 0.6 is 0 Å². The van der Waals surface area contributed by atoms with Crippen LogP contribution in [-0.2, 0) is 0 Å². The summed E-state index contributed by atoms with van der Waals surface area (Å²) < 4.78 is 0. The molecule has 2 saturated carbocycles. The molecule has 4 unspecified atom stereocenters. The van der Waals surface area contributed by atoms with Crippen molar-refractivity contribution < 1.29 is 5.11 Å². The molecule has 0 aromatic heterocycles. The van der Waals surface area contributed by atoms with Gasteiger partial charge in [0.05, 0.1) is 0 Å². The summed E-state index contributed by atoms with van der Waals surface area (Å²) >= 11 is 0. The van der Waals surface area contributed by atoms with E-state index >= 15 is 0 Å². The van der Waals surface area contributed by atoms with E-state index in [1.165, 1.54) is 100 Å². The summed E-state index contributed by atoms with van der Waals surface area (Å²) in [5.74, 6) is 2.32. The summed E-state index contributed by atoms with van der Waals surface area (Å²) in [7, 11) is 3.17. The third-order valence-electron chi connectivity index (χ3n) is 11.1. The Morgan fingerprint density at radius 3 is 2.41 bits per heavy atom. The lowest BCUT2D eigenvalue weighted by Crippen LogP contribution is -2.42. The Bertz CT molecular complexity index is 1070. The maximum absolute atomic E-state index is 7.00. The second-order valence-corrected chi connectivity index (χ2v) is 13.3. The molecule has 5 atom stereocenters. The number of allylic oxidation sites excluding steroid dienone is 5. The first-order valence-corrected chi connectivity index (χ1v) is 15.8. The van der Waals surface area contributed by atoms with E-state index in [1.807, 2.05) is 6.08 Å². The molecule has 2 heteroatoms. The van der Waals surface area contributed by atoms with E-state index in [2.05, 4.69) is 81.8 Å². The number of benzene rings is 1. The Kier molecular flexibility index (Phi) is 10.2. The largest absolute Gasteiger partial charge is 0.400 e. The number of hydrogen-bond acceptors (Lipinski definition) is 2. The Hall–Kier alpha value is -1.90. The second-order valence-electron chi connectivity index (χ2n) is 13.3. The number of aliphatic hydroxyl groups excluding tert-OH is 1. The van der Waals surface area contributed by atoms with E-state index in [4.69, 9.17) is 5.11 Å². The van der Waals surface area contributed by atoms with Gasteiger partial charge in [-0.2, -0.15) is 0 Å². The van der Waals surface area contributed by atoms with Gasteiger partial charge in [0.25, 0.3) is 0 Å². The molecule has 1 aliphatic heterocycles. The zero-order valence-corrected chi connectivity index (χ0v) is 25.6. The second kappa shape index (κ2) is 13.2. The average Bonchev–Trinajstić information content (AvgIpc) is 3.55. The van der Waals surface area contributed by atoms with E-state index < -0.39 is 0 Å². The molecule has 1 N–H and O–H groups in total. The molecule has 1 heterocycles. The van der Waals surface area contributed by atoms with Crippen LogP contribution in [0.2, 0.25) is 0 Å². The predicted octanol–water partition coefficient (Wildman–Crippen LogP) is 9.43. The zero-order chi connectivity index (χ0) is 28.0. The van der Waals surface area contributed by atoms with Crippen LogP contribution in [0, 0.1) is 22.7 Å². The van der Waals surface area contributed by atoms with Gasteiger partial charge in [-0.1, -0.05) is 81.0 Å². The number of likely N-dealkylation sites (tertiary alicyclic amines) is 1. The lowest BCUT2D eigenvalue weighted by atomic mass is 9.53. The third-order valence-corrected chi connectivity index (χ3v) is 11.1. The van der Waals surface area contributed by atoms with Gasteiger partial charge in [-0.05, 0) is 142 Å². The van der Waals surface area contributed by atoms with Crippen molar-refractivity contribution in [3.8, 4) is 0 Å². The van der Waals surface area contributed by atoms with Gasteiger partial charge >= 0.3 is 0 Å². The molecule has 2 nitrogen and oxygen atoms in total. The fraction of sp³-hybridized carbons (Fsp3) is 0.622. The number of aliphatic hydroxyl groups is 1. The molecule has 3 fully saturated rings. The standard InChI is InChI=1S/C31H40.C5H11N.CH4O/c1-5-9-23-12-13-26(20-22(23)6-2)28-14-15-29-30(3)18-16-24-10-7-8-11-25(24)21-27(30)17-19-31(28,29)4;1-6-4-2-3-5-6;1-2/h5-6,9,12-13,17,20-21,24,28-29H,2,7-8,10-11,14-16,18-19H2,1,3-4H3;2-5H2,1H3;2H,1H3/b9-5-;;/t24?,28?,29?,30-,31?;;/m0../s1. The van der Waals surface area contributed by atoms with Gasteiger partial charge in [-0.15, -0.1) is 0 Å². The topological polar surface area (TPSA) is 23.5 Å². The SMILES string of the molecule is C=Cc1cc(C2CCC3C2(C)CC=C2C=C4CCCCC4CC[C@@]23C)ccc1/C=C\C.CN1CCCC1.CO. The van der Waals surface area contributed by atoms with Crippen LogP contribution in [0.25, 0.3) is 12.2 Å². The third kappa shape index (κ3) is 6.08. The van der Waals surface area contributed by atoms with E-state index in [0.29, 0.717) is 16.7 Å². The van der Waals surface area contributed by atoms with Gasteiger partial charge in [-0.3, -0.25) is 0 Å². The number of rotatable bonds is 3. The van der Waals surface area contributed by atoms with Crippen molar-refractivity contribution in [2.24, 2.45) is 22.7 Å². The summed E-state index contributed by atoms with van der Waals surface area (Å²) in [6.07, 6.45) is 26.9. The van der Waals surface area contributed by atoms with Crippen molar-refractivity contribution in [3.05, 3.63) is 70.8 Å². The van der Waals surface area contributed by atoms with Gasteiger partial charge in [0, 0.05) is 7.11 Å². The molecule has 1 aromatic carbocycles. The Balaban J connectivity index is 0.000000385. The van der Waals surface area contributed by atoms with Crippen LogP contribution in [0.3, 0.4) is 0 Å². The van der Waals surface area contributed by atoms with Gasteiger partial charge in [-0.25, -0.2) is 0 Å². The highest BCUT2D eigenvalue weighted by atomic mass is 16.2. The van der Waals surface area contributed by atoms with Gasteiger partial charge in [0.1, 0.15) is 0 Å². The molecule has 4 aliphatic carbocycles. The van der Waals surface area contributed by atoms with Crippen LogP contribution in [0.1, 0.15) is 114 Å². The summed E-state index contributed by atoms with van der Waals surface area (Å²) in [6.45, 7) is 14.1. The maximum Gasteiger partial charge on any atom is 0.0319 e. The normalized spacial score (nSPS) is 33.7. The minimum atomic E-state index is 0.359. The molecule has 0 spiro atoms. The Labute approximate surface area is 240 Å². The quantitative estimate of drug-likeness (QED) is 0.421. The molecular weight excluding hydrogens is 474 g/mol. The fourth-order valence-corrected chi connectivity index (χ4v) is 8.92. The first-order valence-electron chi connectivity index (χ1n) is 15.8. The minimum Gasteiger partial charge on any atom is -0.400 e. The number of fused-ring (bicyclic) bond motifs is 4. The lowest BCUT2D eigenvalue weighted by Gasteiger charge is -2.50. The highest BCUT2D eigenvalue weighted by molar-refractivity contribution is 5.65. The summed E-state index contributed by atoms with van der Waals surface area (Å²) in [5, 5.41) is 7.00. The van der Waals surface area contributed by atoms with Crippen LogP contribution in [0.5, 0.6) is 0 Å². The number of nitrogens with zero attached hydrogens (tertiary/aromatic N) is 1. The molecule has 214 valence electrons. The Morgan fingerprint density at radius 1 is 0.974 bits per heavy atom. The van der Waals surface area contributed by atoms with Gasteiger partial charge in [0.2, 0.25) is 0 Å².